The summed E-state index contributed by atoms with van der Waals surface area (Å²) in [5, 5.41) is 5.90. The highest BCUT2D eigenvalue weighted by molar-refractivity contribution is 7.98. The molecule has 2 aromatic carbocycles. The third-order valence-electron chi connectivity index (χ3n) is 6.79. The van der Waals surface area contributed by atoms with Crippen LogP contribution in [0.4, 0.5) is 10.5 Å². The Hall–Kier alpha value is -3.00. The molecule has 0 saturated carbocycles. The summed E-state index contributed by atoms with van der Waals surface area (Å²) >= 11 is 1.60. The van der Waals surface area contributed by atoms with Crippen molar-refractivity contribution < 1.29 is 19.1 Å². The lowest BCUT2D eigenvalue weighted by Gasteiger charge is -2.35. The van der Waals surface area contributed by atoms with E-state index in [2.05, 4.69) is 17.6 Å². The summed E-state index contributed by atoms with van der Waals surface area (Å²) in [5.74, 6) is 0.0917. The van der Waals surface area contributed by atoms with E-state index in [9.17, 15) is 14.4 Å². The Bertz CT molecular complexity index is 1150. The third kappa shape index (κ3) is 9.88. The van der Waals surface area contributed by atoms with Gasteiger partial charge in [-0.1, -0.05) is 56.2 Å². The van der Waals surface area contributed by atoms with Gasteiger partial charge in [0.2, 0.25) is 5.91 Å². The minimum absolute atomic E-state index is 0.284. The first-order chi connectivity index (χ1) is 18.9. The topological polar surface area (TPSA) is 87.7 Å². The summed E-state index contributed by atoms with van der Waals surface area (Å²) in [6.45, 7) is 13.8. The molecule has 0 radical (unpaired) electrons. The van der Waals surface area contributed by atoms with Gasteiger partial charge in [-0.25, -0.2) is 4.79 Å². The predicted octanol–water partition coefficient (Wildman–Crippen LogP) is 6.96. The molecule has 0 aliphatic carbocycles. The molecule has 0 aliphatic heterocycles. The quantitative estimate of drug-likeness (QED) is 0.255. The lowest BCUT2D eigenvalue weighted by atomic mass is 9.94. The van der Waals surface area contributed by atoms with Crippen molar-refractivity contribution in [3.05, 3.63) is 64.7 Å². The fourth-order valence-corrected chi connectivity index (χ4v) is 4.95. The molecule has 2 atom stereocenters. The number of carbonyl (C=O) groups excluding carboxylic acids is 3. The molecule has 0 bridgehead atoms. The van der Waals surface area contributed by atoms with Crippen LogP contribution in [-0.4, -0.2) is 53.0 Å². The number of hydrogen-bond acceptors (Lipinski definition) is 5. The number of alkyl carbamates (subject to hydrolysis) is 1. The predicted molar refractivity (Wildman–Crippen MR) is 166 cm³/mol. The van der Waals surface area contributed by atoms with Crippen molar-refractivity contribution in [3.63, 3.8) is 0 Å². The highest BCUT2D eigenvalue weighted by Crippen LogP contribution is 2.30. The summed E-state index contributed by atoms with van der Waals surface area (Å²) in [6, 6.07) is 11.7. The number of unbranched alkanes of at least 4 members (excludes halogenated alkanes) is 2. The van der Waals surface area contributed by atoms with E-state index in [1.165, 1.54) is 0 Å². The van der Waals surface area contributed by atoms with Gasteiger partial charge in [-0.05, 0) is 94.7 Å². The third-order valence-corrected chi connectivity index (χ3v) is 7.43. The first-order valence-corrected chi connectivity index (χ1v) is 15.5. The summed E-state index contributed by atoms with van der Waals surface area (Å²) in [4.78, 5) is 42.9. The Labute approximate surface area is 244 Å². The van der Waals surface area contributed by atoms with Crippen LogP contribution >= 0.6 is 11.8 Å². The molecule has 220 valence electrons. The molecular weight excluding hydrogens is 522 g/mol. The van der Waals surface area contributed by atoms with E-state index >= 15 is 0 Å². The number of amides is 3. The fraction of sp³-hybridized carbons (Fsp3) is 0.531. The standard InChI is InChI=1S/C32H47N3O4S/c1-9-10-13-20-35(30(37)27(19-21-40-8)34-31(38)39-32(5,6)7)28(25-17-14-16-22(2)24(25)4)29(36)33-26-18-12-11-15-23(26)3/h11-12,14-18,27-28H,9-10,13,19-21H2,1-8H3,(H,33,36)(H,34,38). The molecule has 0 aliphatic rings. The average molecular weight is 570 g/mol. The maximum atomic E-state index is 14.3. The molecule has 2 N–H and O–H groups in total. The summed E-state index contributed by atoms with van der Waals surface area (Å²) in [5.41, 5.74) is 3.71. The van der Waals surface area contributed by atoms with Gasteiger partial charge in [-0.15, -0.1) is 0 Å². The second kappa shape index (κ2) is 15.7. The van der Waals surface area contributed by atoms with Gasteiger partial charge in [0.25, 0.3) is 5.91 Å². The monoisotopic (exact) mass is 569 g/mol. The molecule has 8 heteroatoms. The Morgan fingerprint density at radius 3 is 2.27 bits per heavy atom. The fourth-order valence-electron chi connectivity index (χ4n) is 4.48. The van der Waals surface area contributed by atoms with Gasteiger partial charge in [-0.2, -0.15) is 11.8 Å². The molecule has 7 nitrogen and oxygen atoms in total. The lowest BCUT2D eigenvalue weighted by molar-refractivity contribution is -0.141. The first kappa shape index (κ1) is 33.2. The molecule has 0 heterocycles. The maximum Gasteiger partial charge on any atom is 0.408 e. The van der Waals surface area contributed by atoms with E-state index < -0.39 is 23.8 Å². The van der Waals surface area contributed by atoms with Crippen LogP contribution in [0.5, 0.6) is 0 Å². The van der Waals surface area contributed by atoms with Crippen molar-refractivity contribution in [1.29, 1.82) is 0 Å². The minimum Gasteiger partial charge on any atom is -0.444 e. The smallest absolute Gasteiger partial charge is 0.408 e. The molecule has 2 unspecified atom stereocenters. The van der Waals surface area contributed by atoms with Gasteiger partial charge >= 0.3 is 6.09 Å². The van der Waals surface area contributed by atoms with Crippen molar-refractivity contribution in [2.75, 3.05) is 23.9 Å². The van der Waals surface area contributed by atoms with E-state index in [0.717, 1.165) is 41.5 Å². The molecule has 0 saturated heterocycles. The van der Waals surface area contributed by atoms with Gasteiger partial charge < -0.3 is 20.3 Å². The highest BCUT2D eigenvalue weighted by Gasteiger charge is 2.37. The van der Waals surface area contributed by atoms with Gasteiger partial charge in [-0.3, -0.25) is 9.59 Å². The number of rotatable bonds is 13. The second-order valence-corrected chi connectivity index (χ2v) is 12.2. The molecule has 3 amide bonds. The number of carbonyl (C=O) groups is 3. The number of benzene rings is 2. The second-order valence-electron chi connectivity index (χ2n) is 11.2. The largest absolute Gasteiger partial charge is 0.444 e. The van der Waals surface area contributed by atoms with E-state index in [-0.39, 0.29) is 11.8 Å². The average Bonchev–Trinajstić information content (AvgIpc) is 2.88. The van der Waals surface area contributed by atoms with Gasteiger partial charge in [0.05, 0.1) is 0 Å². The van der Waals surface area contributed by atoms with Crippen LogP contribution in [0.15, 0.2) is 42.5 Å². The van der Waals surface area contributed by atoms with E-state index in [4.69, 9.17) is 4.74 Å². The van der Waals surface area contributed by atoms with Gasteiger partial charge in [0.15, 0.2) is 0 Å². The van der Waals surface area contributed by atoms with Crippen LogP contribution in [0.25, 0.3) is 0 Å². The van der Waals surface area contributed by atoms with Crippen molar-refractivity contribution in [3.8, 4) is 0 Å². The van der Waals surface area contributed by atoms with Crippen molar-refractivity contribution >= 4 is 35.4 Å². The summed E-state index contributed by atoms with van der Waals surface area (Å²) in [6.07, 6.45) is 4.36. The number of thioether (sulfide) groups is 1. The minimum atomic E-state index is -0.874. The van der Waals surface area contributed by atoms with Crippen molar-refractivity contribution in [2.24, 2.45) is 0 Å². The Morgan fingerprint density at radius 2 is 1.65 bits per heavy atom. The lowest BCUT2D eigenvalue weighted by Crippen LogP contribution is -2.53. The molecular formula is C32H47N3O4S. The SMILES string of the molecule is CCCCCN(C(=O)C(CCSC)NC(=O)OC(C)(C)C)C(C(=O)Nc1ccccc1C)c1cccc(C)c1C. The van der Waals surface area contributed by atoms with Crippen LogP contribution < -0.4 is 10.6 Å². The number of hydrogen-bond donors (Lipinski definition) is 2. The highest BCUT2D eigenvalue weighted by atomic mass is 32.2. The van der Waals surface area contributed by atoms with Gasteiger partial charge in [0.1, 0.15) is 17.7 Å². The number of anilines is 1. The summed E-state index contributed by atoms with van der Waals surface area (Å²) < 4.78 is 5.49. The molecule has 40 heavy (non-hydrogen) atoms. The number of para-hydroxylation sites is 1. The zero-order valence-corrected chi connectivity index (χ0v) is 26.2. The van der Waals surface area contributed by atoms with Crippen LogP contribution in [0.3, 0.4) is 0 Å². The maximum absolute atomic E-state index is 14.3. The van der Waals surface area contributed by atoms with Crippen molar-refractivity contribution in [1.82, 2.24) is 10.2 Å². The van der Waals surface area contributed by atoms with E-state index in [1.54, 1.807) is 37.4 Å². The number of aryl methyl sites for hydroxylation is 2. The zero-order chi connectivity index (χ0) is 29.9. The van der Waals surface area contributed by atoms with Crippen LogP contribution in [0, 0.1) is 20.8 Å². The van der Waals surface area contributed by atoms with Crippen LogP contribution in [0.2, 0.25) is 0 Å². The van der Waals surface area contributed by atoms with Gasteiger partial charge in [0, 0.05) is 12.2 Å². The Morgan fingerprint density at radius 1 is 0.975 bits per heavy atom. The van der Waals surface area contributed by atoms with Crippen molar-refractivity contribution in [2.45, 2.75) is 91.8 Å². The zero-order valence-electron chi connectivity index (χ0n) is 25.4. The molecule has 0 spiro atoms. The first-order valence-electron chi connectivity index (χ1n) is 14.1. The van der Waals surface area contributed by atoms with E-state index in [0.29, 0.717) is 24.4 Å². The molecule has 0 fully saturated rings. The Kier molecular flexibility index (Phi) is 13.0. The number of nitrogens with zero attached hydrogens (tertiary/aromatic N) is 1. The Balaban J connectivity index is 2.59. The molecule has 2 aromatic rings. The number of ether oxygens (including phenoxy) is 1. The molecule has 2 rings (SSSR count). The van der Waals surface area contributed by atoms with E-state index in [1.807, 2.05) is 69.5 Å². The normalized spacial score (nSPS) is 12.8. The number of nitrogens with one attached hydrogen (secondary N) is 2. The molecule has 0 aromatic heterocycles. The summed E-state index contributed by atoms with van der Waals surface area (Å²) in [7, 11) is 0. The van der Waals surface area contributed by atoms with Crippen LogP contribution in [-0.2, 0) is 14.3 Å². The van der Waals surface area contributed by atoms with Crippen LogP contribution in [0.1, 0.15) is 81.7 Å².